The molecule has 1 saturated heterocycles. The van der Waals surface area contributed by atoms with Crippen molar-refractivity contribution >= 4 is 34.6 Å². The van der Waals surface area contributed by atoms with Gasteiger partial charge in [-0.2, -0.15) is 0 Å². The Morgan fingerprint density at radius 3 is 2.67 bits per heavy atom. The van der Waals surface area contributed by atoms with Gasteiger partial charge in [-0.05, 0) is 39.0 Å². The first-order chi connectivity index (χ1) is 12.6. The summed E-state index contributed by atoms with van der Waals surface area (Å²) in [5.74, 6) is -0.592. The molecular weight excluding hydrogens is 350 g/mol. The fraction of sp³-hybridized carbons (Fsp3) is 0.444. The Labute approximate surface area is 156 Å². The number of amides is 1. The highest BCUT2D eigenvalue weighted by Crippen LogP contribution is 2.23. The number of benzene rings is 1. The Morgan fingerprint density at radius 1 is 1.26 bits per heavy atom. The molecule has 9 nitrogen and oxygen atoms in total. The quantitative estimate of drug-likeness (QED) is 0.763. The van der Waals surface area contributed by atoms with Gasteiger partial charge < -0.3 is 25.4 Å². The molecular formula is C18H23N5O4. The van der Waals surface area contributed by atoms with Crippen molar-refractivity contribution in [1.29, 1.82) is 0 Å². The van der Waals surface area contributed by atoms with Gasteiger partial charge in [-0.1, -0.05) is 0 Å². The first-order valence-corrected chi connectivity index (χ1v) is 8.64. The molecule has 0 aliphatic carbocycles. The number of fused-ring (bicyclic) bond motifs is 1. The predicted octanol–water partition coefficient (Wildman–Crippen LogP) is 1.72. The van der Waals surface area contributed by atoms with Crippen LogP contribution in [0.2, 0.25) is 0 Å². The van der Waals surface area contributed by atoms with Crippen molar-refractivity contribution in [1.82, 2.24) is 14.9 Å². The van der Waals surface area contributed by atoms with E-state index in [1.54, 1.807) is 43.9 Å². The number of carboxylic acids is 1. The molecule has 0 unspecified atom stereocenters. The van der Waals surface area contributed by atoms with E-state index < -0.39 is 23.7 Å². The van der Waals surface area contributed by atoms with Crippen molar-refractivity contribution in [2.45, 2.75) is 32.4 Å². The smallest absolute Gasteiger partial charge is 0.410 e. The maximum Gasteiger partial charge on any atom is 0.410 e. The molecule has 1 amide bonds. The van der Waals surface area contributed by atoms with Crippen molar-refractivity contribution in [2.24, 2.45) is 0 Å². The van der Waals surface area contributed by atoms with Crippen LogP contribution in [0.5, 0.6) is 0 Å². The summed E-state index contributed by atoms with van der Waals surface area (Å²) in [6, 6.07) is 4.23. The highest BCUT2D eigenvalue weighted by Gasteiger charge is 2.36. The third kappa shape index (κ3) is 4.18. The average molecular weight is 373 g/mol. The Kier molecular flexibility index (Phi) is 4.77. The van der Waals surface area contributed by atoms with Gasteiger partial charge in [0.25, 0.3) is 0 Å². The molecule has 1 aromatic carbocycles. The number of nitrogen functional groups attached to an aromatic ring is 1. The highest BCUT2D eigenvalue weighted by molar-refractivity contribution is 5.82. The minimum absolute atomic E-state index is 0.00566. The van der Waals surface area contributed by atoms with E-state index in [9.17, 15) is 14.7 Å². The van der Waals surface area contributed by atoms with Gasteiger partial charge in [0, 0.05) is 18.8 Å². The van der Waals surface area contributed by atoms with E-state index in [1.807, 2.05) is 0 Å². The first kappa shape index (κ1) is 18.7. The van der Waals surface area contributed by atoms with E-state index in [4.69, 9.17) is 10.5 Å². The molecule has 1 aliphatic heterocycles. The van der Waals surface area contributed by atoms with Crippen LogP contribution in [-0.4, -0.2) is 63.3 Å². The molecule has 0 bridgehead atoms. The maximum atomic E-state index is 12.3. The Bertz CT molecular complexity index is 880. The number of ether oxygens (including phenoxy) is 1. The van der Waals surface area contributed by atoms with E-state index in [2.05, 4.69) is 9.97 Å². The molecule has 1 aliphatic rings. The number of rotatable bonds is 2. The van der Waals surface area contributed by atoms with E-state index in [0.717, 1.165) is 0 Å². The second-order valence-corrected chi connectivity index (χ2v) is 7.45. The second-order valence-electron chi connectivity index (χ2n) is 7.45. The zero-order valence-corrected chi connectivity index (χ0v) is 15.5. The molecule has 2 aromatic rings. The van der Waals surface area contributed by atoms with Crippen LogP contribution < -0.4 is 10.6 Å². The molecule has 1 atom stereocenters. The van der Waals surface area contributed by atoms with Crippen LogP contribution in [0.25, 0.3) is 11.0 Å². The number of carbonyl (C=O) groups excluding carboxylic acids is 1. The predicted molar refractivity (Wildman–Crippen MR) is 101 cm³/mol. The van der Waals surface area contributed by atoms with Crippen LogP contribution in [0.3, 0.4) is 0 Å². The minimum atomic E-state index is -1.04. The van der Waals surface area contributed by atoms with Crippen LogP contribution in [0.1, 0.15) is 20.8 Å². The number of carbonyl (C=O) groups is 2. The monoisotopic (exact) mass is 373 g/mol. The lowest BCUT2D eigenvalue weighted by Gasteiger charge is -2.40. The number of aromatic nitrogens is 2. The van der Waals surface area contributed by atoms with Gasteiger partial charge in [-0.3, -0.25) is 4.98 Å². The summed E-state index contributed by atoms with van der Waals surface area (Å²) in [6.07, 6.45) is 1.01. The standard InChI is InChI=1S/C18H23N5O4/c1-18(2,3)27-17(26)22-6-7-23(14(10-22)16(24)25)15-9-20-13-8-11(19)4-5-12(13)21-15/h4-5,8-9,14H,6-7,10,19H2,1-3H3,(H,24,25)/t14-/m1/s1. The molecule has 0 spiro atoms. The van der Waals surface area contributed by atoms with Gasteiger partial charge in [-0.25, -0.2) is 14.6 Å². The number of piperazine rings is 1. The van der Waals surface area contributed by atoms with Crippen LogP contribution in [0, 0.1) is 0 Å². The van der Waals surface area contributed by atoms with Crippen LogP contribution in [-0.2, 0) is 9.53 Å². The lowest BCUT2D eigenvalue weighted by atomic mass is 10.1. The number of hydrogen-bond acceptors (Lipinski definition) is 7. The van der Waals surface area contributed by atoms with Crippen molar-refractivity contribution < 1.29 is 19.4 Å². The van der Waals surface area contributed by atoms with Crippen LogP contribution >= 0.6 is 0 Å². The fourth-order valence-electron chi connectivity index (χ4n) is 2.92. The molecule has 0 saturated carbocycles. The SMILES string of the molecule is CC(C)(C)OC(=O)N1CCN(c2cnc3cc(N)ccc3n2)[C@@H](C(=O)O)C1. The summed E-state index contributed by atoms with van der Waals surface area (Å²) in [6.45, 7) is 5.96. The zero-order valence-electron chi connectivity index (χ0n) is 15.5. The largest absolute Gasteiger partial charge is 0.480 e. The van der Waals surface area contributed by atoms with Crippen molar-refractivity contribution in [3.8, 4) is 0 Å². The van der Waals surface area contributed by atoms with Crippen molar-refractivity contribution in [3.05, 3.63) is 24.4 Å². The number of nitrogens with two attached hydrogens (primary N) is 1. The summed E-state index contributed by atoms with van der Waals surface area (Å²) >= 11 is 0. The zero-order chi connectivity index (χ0) is 19.8. The molecule has 3 rings (SSSR count). The van der Waals surface area contributed by atoms with Gasteiger partial charge in [0.1, 0.15) is 17.5 Å². The number of carboxylic acid groups (broad SMARTS) is 1. The molecule has 9 heteroatoms. The number of aliphatic carboxylic acids is 1. The fourth-order valence-corrected chi connectivity index (χ4v) is 2.92. The molecule has 1 aromatic heterocycles. The van der Waals surface area contributed by atoms with Gasteiger partial charge in [0.2, 0.25) is 0 Å². The summed E-state index contributed by atoms with van der Waals surface area (Å²) in [7, 11) is 0. The molecule has 27 heavy (non-hydrogen) atoms. The van der Waals surface area contributed by atoms with E-state index >= 15 is 0 Å². The van der Waals surface area contributed by atoms with E-state index in [1.165, 1.54) is 11.1 Å². The third-order valence-corrected chi connectivity index (χ3v) is 4.16. The Balaban J connectivity index is 1.83. The van der Waals surface area contributed by atoms with Crippen LogP contribution in [0.15, 0.2) is 24.4 Å². The van der Waals surface area contributed by atoms with Crippen LogP contribution in [0.4, 0.5) is 16.3 Å². The summed E-state index contributed by atoms with van der Waals surface area (Å²) in [4.78, 5) is 36.0. The molecule has 0 radical (unpaired) electrons. The minimum Gasteiger partial charge on any atom is -0.480 e. The van der Waals surface area contributed by atoms with E-state index in [-0.39, 0.29) is 6.54 Å². The van der Waals surface area contributed by atoms with Crippen molar-refractivity contribution in [3.63, 3.8) is 0 Å². The summed E-state index contributed by atoms with van der Waals surface area (Å²) in [5, 5.41) is 9.67. The molecule has 2 heterocycles. The normalized spacial score (nSPS) is 17.8. The van der Waals surface area contributed by atoms with Gasteiger partial charge in [0.05, 0.1) is 23.8 Å². The number of hydrogen-bond donors (Lipinski definition) is 2. The van der Waals surface area contributed by atoms with E-state index in [0.29, 0.717) is 35.6 Å². The molecule has 3 N–H and O–H groups in total. The van der Waals surface area contributed by atoms with Gasteiger partial charge in [0.15, 0.2) is 0 Å². The topological polar surface area (TPSA) is 122 Å². The lowest BCUT2D eigenvalue weighted by molar-refractivity contribution is -0.139. The first-order valence-electron chi connectivity index (χ1n) is 8.64. The lowest BCUT2D eigenvalue weighted by Crippen LogP contribution is -2.58. The van der Waals surface area contributed by atoms with Gasteiger partial charge >= 0.3 is 12.1 Å². The Hall–Kier alpha value is -3.10. The van der Waals surface area contributed by atoms with Gasteiger partial charge in [-0.15, -0.1) is 0 Å². The Morgan fingerprint density at radius 2 is 2.00 bits per heavy atom. The molecule has 1 fully saturated rings. The van der Waals surface area contributed by atoms with Crippen molar-refractivity contribution in [2.75, 3.05) is 30.3 Å². The second kappa shape index (κ2) is 6.90. The average Bonchev–Trinajstić information content (AvgIpc) is 2.59. The number of nitrogens with zero attached hydrogens (tertiary/aromatic N) is 4. The number of anilines is 2. The molecule has 144 valence electrons. The summed E-state index contributed by atoms with van der Waals surface area (Å²) < 4.78 is 5.35. The highest BCUT2D eigenvalue weighted by atomic mass is 16.6. The summed E-state index contributed by atoms with van der Waals surface area (Å²) in [5.41, 5.74) is 6.95. The maximum absolute atomic E-state index is 12.3. The third-order valence-electron chi connectivity index (χ3n) is 4.16.